The number of carbonyl (C=O) groups is 2. The average Bonchev–Trinajstić information content (AvgIpc) is 2.72. The van der Waals surface area contributed by atoms with Crippen molar-refractivity contribution in [2.24, 2.45) is 0 Å². The summed E-state index contributed by atoms with van der Waals surface area (Å²) in [5, 5.41) is 6.35. The van der Waals surface area contributed by atoms with Gasteiger partial charge in [0.1, 0.15) is 5.75 Å². The molecule has 0 atom stereocenters. The number of amides is 2. The topological polar surface area (TPSA) is 67.4 Å². The van der Waals surface area contributed by atoms with Crippen LogP contribution in [0, 0.1) is 0 Å². The zero-order valence-corrected chi connectivity index (χ0v) is 16.8. The largest absolute Gasteiger partial charge is 0.482 e. The first kappa shape index (κ1) is 20.7. The summed E-state index contributed by atoms with van der Waals surface area (Å²) in [6, 6.07) is 21.0. The smallest absolute Gasteiger partial charge is 0.262 e. The highest BCUT2D eigenvalue weighted by Crippen LogP contribution is 2.27. The van der Waals surface area contributed by atoms with E-state index in [0.717, 1.165) is 5.56 Å². The van der Waals surface area contributed by atoms with Crippen molar-refractivity contribution >= 4 is 40.7 Å². The van der Waals surface area contributed by atoms with Gasteiger partial charge in [-0.15, -0.1) is 0 Å². The van der Waals surface area contributed by atoms with Crippen LogP contribution >= 0.6 is 23.2 Å². The summed E-state index contributed by atoms with van der Waals surface area (Å²) in [5.41, 5.74) is 1.94. The predicted octanol–water partition coefficient (Wildman–Crippen LogP) is 4.94. The van der Waals surface area contributed by atoms with E-state index < -0.39 is 0 Å². The second-order valence-corrected chi connectivity index (χ2v) is 7.00. The van der Waals surface area contributed by atoms with Gasteiger partial charge in [-0.1, -0.05) is 59.6 Å². The Hall–Kier alpha value is -3.02. The fraction of sp³-hybridized carbons (Fsp3) is 0.0909. The van der Waals surface area contributed by atoms with Gasteiger partial charge in [-0.3, -0.25) is 9.59 Å². The van der Waals surface area contributed by atoms with E-state index in [1.165, 1.54) is 6.07 Å². The summed E-state index contributed by atoms with van der Waals surface area (Å²) >= 11 is 11.8. The van der Waals surface area contributed by atoms with E-state index in [4.69, 9.17) is 27.9 Å². The predicted molar refractivity (Wildman–Crippen MR) is 115 cm³/mol. The Kier molecular flexibility index (Phi) is 7.11. The van der Waals surface area contributed by atoms with E-state index in [0.29, 0.717) is 33.6 Å². The number of carbonyl (C=O) groups excluding carboxylic acids is 2. The molecule has 0 radical (unpaired) electrons. The Labute approximate surface area is 178 Å². The molecule has 0 aliphatic rings. The van der Waals surface area contributed by atoms with Crippen molar-refractivity contribution in [1.82, 2.24) is 5.32 Å². The summed E-state index contributed by atoms with van der Waals surface area (Å²) in [6.45, 7) is 0.192. The van der Waals surface area contributed by atoms with E-state index in [9.17, 15) is 9.59 Å². The molecular weight excluding hydrogens is 411 g/mol. The van der Waals surface area contributed by atoms with Crippen LogP contribution in [-0.2, 0) is 11.3 Å². The second kappa shape index (κ2) is 9.96. The fourth-order valence-corrected chi connectivity index (χ4v) is 3.01. The van der Waals surface area contributed by atoms with Gasteiger partial charge in [0, 0.05) is 22.8 Å². The van der Waals surface area contributed by atoms with Gasteiger partial charge in [0.25, 0.3) is 11.8 Å². The molecule has 0 bridgehead atoms. The lowest BCUT2D eigenvalue weighted by Crippen LogP contribution is -2.23. The fourth-order valence-electron chi connectivity index (χ4n) is 2.55. The van der Waals surface area contributed by atoms with Gasteiger partial charge >= 0.3 is 0 Å². The molecule has 0 saturated heterocycles. The third-order valence-electron chi connectivity index (χ3n) is 3.96. The molecule has 3 aromatic carbocycles. The normalized spacial score (nSPS) is 10.3. The van der Waals surface area contributed by atoms with Crippen LogP contribution in [0.15, 0.2) is 72.8 Å². The maximum Gasteiger partial charge on any atom is 0.262 e. The van der Waals surface area contributed by atoms with Gasteiger partial charge in [-0.2, -0.15) is 0 Å². The maximum absolute atomic E-state index is 12.4. The summed E-state index contributed by atoms with van der Waals surface area (Å²) < 4.78 is 5.41. The SMILES string of the molecule is O=C(COc1ccc(Cl)cc1Cl)Nc1cccc(C(=O)NCc2ccccc2)c1. The lowest BCUT2D eigenvalue weighted by molar-refractivity contribution is -0.118. The van der Waals surface area contributed by atoms with Gasteiger partial charge in [0.2, 0.25) is 0 Å². The van der Waals surface area contributed by atoms with Crippen LogP contribution in [0.5, 0.6) is 5.75 Å². The lowest BCUT2D eigenvalue weighted by Gasteiger charge is -2.10. The first-order chi connectivity index (χ1) is 14.0. The molecule has 3 aromatic rings. The zero-order valence-electron chi connectivity index (χ0n) is 15.3. The monoisotopic (exact) mass is 428 g/mol. The summed E-state index contributed by atoms with van der Waals surface area (Å²) in [6.07, 6.45) is 0. The average molecular weight is 429 g/mol. The lowest BCUT2D eigenvalue weighted by atomic mass is 10.1. The summed E-state index contributed by atoms with van der Waals surface area (Å²) in [5.74, 6) is -0.243. The quantitative estimate of drug-likeness (QED) is 0.559. The molecule has 2 amide bonds. The number of halogens is 2. The Morgan fingerprint density at radius 3 is 2.45 bits per heavy atom. The first-order valence-corrected chi connectivity index (χ1v) is 9.57. The molecule has 29 heavy (non-hydrogen) atoms. The van der Waals surface area contributed by atoms with Crippen molar-refractivity contribution in [3.63, 3.8) is 0 Å². The van der Waals surface area contributed by atoms with Crippen LogP contribution < -0.4 is 15.4 Å². The molecule has 0 aromatic heterocycles. The number of benzene rings is 3. The Bertz CT molecular complexity index is 1010. The highest BCUT2D eigenvalue weighted by atomic mass is 35.5. The van der Waals surface area contributed by atoms with Crippen LogP contribution in [-0.4, -0.2) is 18.4 Å². The molecule has 2 N–H and O–H groups in total. The molecule has 0 heterocycles. The molecule has 0 saturated carbocycles. The number of ether oxygens (including phenoxy) is 1. The van der Waals surface area contributed by atoms with Crippen molar-refractivity contribution in [1.29, 1.82) is 0 Å². The third kappa shape index (κ3) is 6.24. The highest BCUT2D eigenvalue weighted by Gasteiger charge is 2.10. The van der Waals surface area contributed by atoms with E-state index in [-0.39, 0.29) is 18.4 Å². The van der Waals surface area contributed by atoms with Crippen LogP contribution in [0.4, 0.5) is 5.69 Å². The number of hydrogen-bond acceptors (Lipinski definition) is 3. The van der Waals surface area contributed by atoms with Gasteiger partial charge in [-0.25, -0.2) is 0 Å². The van der Waals surface area contributed by atoms with Gasteiger partial charge < -0.3 is 15.4 Å². The highest BCUT2D eigenvalue weighted by molar-refractivity contribution is 6.35. The molecule has 148 valence electrons. The van der Waals surface area contributed by atoms with Crippen molar-refractivity contribution in [2.45, 2.75) is 6.54 Å². The number of rotatable bonds is 7. The number of hydrogen-bond donors (Lipinski definition) is 2. The first-order valence-electron chi connectivity index (χ1n) is 8.81. The Balaban J connectivity index is 1.54. The van der Waals surface area contributed by atoms with E-state index in [2.05, 4.69) is 10.6 Å². The standard InChI is InChI=1S/C22H18Cl2N2O3/c23-17-9-10-20(19(24)12-17)29-14-21(27)26-18-8-4-7-16(11-18)22(28)25-13-15-5-2-1-3-6-15/h1-12H,13-14H2,(H,25,28)(H,26,27). The minimum absolute atomic E-state index is 0.228. The third-order valence-corrected chi connectivity index (χ3v) is 4.49. The van der Waals surface area contributed by atoms with Crippen molar-refractivity contribution in [2.75, 3.05) is 11.9 Å². The van der Waals surface area contributed by atoms with E-state index in [1.807, 2.05) is 30.3 Å². The molecule has 3 rings (SSSR count). The minimum Gasteiger partial charge on any atom is -0.482 e. The van der Waals surface area contributed by atoms with E-state index >= 15 is 0 Å². The number of nitrogens with one attached hydrogen (secondary N) is 2. The summed E-state index contributed by atoms with van der Waals surface area (Å²) in [4.78, 5) is 24.5. The van der Waals surface area contributed by atoms with Crippen LogP contribution in [0.2, 0.25) is 10.0 Å². The molecule has 7 heteroatoms. The van der Waals surface area contributed by atoms with Crippen molar-refractivity contribution in [3.8, 4) is 5.75 Å². The van der Waals surface area contributed by atoms with Crippen molar-refractivity contribution < 1.29 is 14.3 Å². The molecule has 0 aliphatic carbocycles. The Morgan fingerprint density at radius 2 is 1.69 bits per heavy atom. The second-order valence-electron chi connectivity index (χ2n) is 6.16. The summed E-state index contributed by atoms with van der Waals surface area (Å²) in [7, 11) is 0. The molecule has 0 unspecified atom stereocenters. The number of anilines is 1. The van der Waals surface area contributed by atoms with Gasteiger partial charge in [0.15, 0.2) is 6.61 Å². The van der Waals surface area contributed by atoms with Crippen LogP contribution in [0.3, 0.4) is 0 Å². The maximum atomic E-state index is 12.4. The van der Waals surface area contributed by atoms with Crippen molar-refractivity contribution in [3.05, 3.63) is 94.0 Å². The molecule has 0 spiro atoms. The Morgan fingerprint density at radius 1 is 0.897 bits per heavy atom. The van der Waals surface area contributed by atoms with Gasteiger partial charge in [0.05, 0.1) is 5.02 Å². The zero-order chi connectivity index (χ0) is 20.6. The molecular formula is C22H18Cl2N2O3. The van der Waals surface area contributed by atoms with Crippen LogP contribution in [0.25, 0.3) is 0 Å². The van der Waals surface area contributed by atoms with Gasteiger partial charge in [-0.05, 0) is 42.0 Å². The van der Waals surface area contributed by atoms with E-state index in [1.54, 1.807) is 36.4 Å². The molecule has 0 aliphatic heterocycles. The molecule has 0 fully saturated rings. The molecule has 5 nitrogen and oxygen atoms in total. The van der Waals surface area contributed by atoms with Crippen LogP contribution in [0.1, 0.15) is 15.9 Å². The minimum atomic E-state index is -0.377.